The van der Waals surface area contributed by atoms with Gasteiger partial charge in [0, 0.05) is 37.1 Å². The Balaban J connectivity index is 1.38. The lowest BCUT2D eigenvalue weighted by Gasteiger charge is -2.35. The maximum atomic E-state index is 12.6. The molecule has 2 saturated heterocycles. The van der Waals surface area contributed by atoms with E-state index in [0.717, 1.165) is 45.2 Å². The lowest BCUT2D eigenvalue weighted by atomic mass is 10.1. The van der Waals surface area contributed by atoms with Gasteiger partial charge in [0.15, 0.2) is 0 Å². The van der Waals surface area contributed by atoms with Crippen LogP contribution >= 0.6 is 11.3 Å². The monoisotopic (exact) mass is 335 g/mol. The highest BCUT2D eigenvalue weighted by molar-refractivity contribution is 7.10. The van der Waals surface area contributed by atoms with Crippen molar-refractivity contribution in [3.8, 4) is 0 Å². The molecule has 126 valence electrons. The molecule has 3 unspecified atom stereocenters. The van der Waals surface area contributed by atoms with E-state index < -0.39 is 0 Å². The van der Waals surface area contributed by atoms with Gasteiger partial charge in [0.2, 0.25) is 0 Å². The summed E-state index contributed by atoms with van der Waals surface area (Å²) in [6.45, 7) is 5.05. The van der Waals surface area contributed by atoms with Gasteiger partial charge in [0.05, 0.1) is 19.3 Å². The first-order chi connectivity index (χ1) is 11.3. The van der Waals surface area contributed by atoms with Crippen molar-refractivity contribution in [2.75, 3.05) is 39.4 Å². The van der Waals surface area contributed by atoms with Crippen molar-refractivity contribution in [2.45, 2.75) is 31.3 Å². The maximum Gasteiger partial charge on any atom is 0.317 e. The van der Waals surface area contributed by atoms with E-state index in [1.807, 2.05) is 0 Å². The van der Waals surface area contributed by atoms with Gasteiger partial charge in [-0.2, -0.15) is 0 Å². The van der Waals surface area contributed by atoms with Gasteiger partial charge in [-0.05, 0) is 36.6 Å². The van der Waals surface area contributed by atoms with E-state index in [1.165, 1.54) is 17.7 Å². The van der Waals surface area contributed by atoms with Crippen LogP contribution in [0.5, 0.6) is 0 Å². The molecule has 3 heterocycles. The van der Waals surface area contributed by atoms with Crippen LogP contribution in [0.1, 0.15) is 30.2 Å². The van der Waals surface area contributed by atoms with Crippen LogP contribution in [-0.2, 0) is 4.74 Å². The molecule has 2 amide bonds. The second-order valence-electron chi connectivity index (χ2n) is 6.76. The summed E-state index contributed by atoms with van der Waals surface area (Å²) in [5.41, 5.74) is 0. The topological polar surface area (TPSA) is 44.8 Å². The summed E-state index contributed by atoms with van der Waals surface area (Å²) >= 11 is 1.77. The summed E-state index contributed by atoms with van der Waals surface area (Å²) in [5.74, 6) is 0.779. The van der Waals surface area contributed by atoms with Crippen molar-refractivity contribution in [1.82, 2.24) is 15.1 Å². The Morgan fingerprint density at radius 3 is 3.04 bits per heavy atom. The van der Waals surface area contributed by atoms with Gasteiger partial charge < -0.3 is 15.0 Å². The van der Waals surface area contributed by atoms with Crippen LogP contribution < -0.4 is 5.32 Å². The van der Waals surface area contributed by atoms with Crippen LogP contribution in [0, 0.1) is 5.92 Å². The van der Waals surface area contributed by atoms with Gasteiger partial charge in [-0.1, -0.05) is 6.07 Å². The second-order valence-corrected chi connectivity index (χ2v) is 7.74. The average molecular weight is 335 g/mol. The predicted octanol–water partition coefficient (Wildman–Crippen LogP) is 2.32. The number of piperidine rings is 1. The Morgan fingerprint density at radius 1 is 1.39 bits per heavy atom. The number of hydrogen-bond acceptors (Lipinski definition) is 4. The van der Waals surface area contributed by atoms with Crippen molar-refractivity contribution < 1.29 is 9.53 Å². The molecule has 0 spiro atoms. The second kappa shape index (κ2) is 6.79. The first kappa shape index (κ1) is 15.4. The number of nitrogens with zero attached hydrogens (tertiary/aromatic N) is 2. The number of ether oxygens (including phenoxy) is 1. The van der Waals surface area contributed by atoms with Crippen LogP contribution in [0.2, 0.25) is 0 Å². The molecule has 2 aliphatic heterocycles. The van der Waals surface area contributed by atoms with Crippen LogP contribution in [0.3, 0.4) is 0 Å². The molecular weight excluding hydrogens is 310 g/mol. The highest BCUT2D eigenvalue weighted by atomic mass is 32.1. The molecule has 0 radical (unpaired) electrons. The fourth-order valence-corrected chi connectivity index (χ4v) is 4.79. The summed E-state index contributed by atoms with van der Waals surface area (Å²) in [4.78, 5) is 18.4. The third kappa shape index (κ3) is 3.39. The summed E-state index contributed by atoms with van der Waals surface area (Å²) in [6, 6.07) is 5.19. The number of nitrogens with one attached hydrogen (secondary N) is 1. The lowest BCUT2D eigenvalue weighted by Crippen LogP contribution is -2.48. The molecule has 3 aliphatic rings. The number of carbonyl (C=O) groups excluding carboxylic acids is 1. The molecule has 1 N–H and O–H groups in total. The van der Waals surface area contributed by atoms with Crippen molar-refractivity contribution >= 4 is 17.4 Å². The van der Waals surface area contributed by atoms with Gasteiger partial charge in [-0.25, -0.2) is 4.79 Å². The van der Waals surface area contributed by atoms with Crippen LogP contribution in [0.15, 0.2) is 17.5 Å². The molecule has 1 aliphatic carbocycles. The Kier molecular flexibility index (Phi) is 4.55. The maximum absolute atomic E-state index is 12.6. The number of hydrogen-bond donors (Lipinski definition) is 1. The highest BCUT2D eigenvalue weighted by Gasteiger charge is 2.46. The van der Waals surface area contributed by atoms with Gasteiger partial charge in [-0.15, -0.1) is 11.3 Å². The van der Waals surface area contributed by atoms with E-state index in [4.69, 9.17) is 4.74 Å². The van der Waals surface area contributed by atoms with E-state index in [2.05, 4.69) is 32.6 Å². The smallest absolute Gasteiger partial charge is 0.317 e. The molecule has 0 bridgehead atoms. The molecule has 4 rings (SSSR count). The minimum Gasteiger partial charge on any atom is -0.379 e. The molecule has 3 fully saturated rings. The first-order valence-corrected chi connectivity index (χ1v) is 9.60. The summed E-state index contributed by atoms with van der Waals surface area (Å²) < 4.78 is 5.47. The Hall–Kier alpha value is -1.11. The summed E-state index contributed by atoms with van der Waals surface area (Å²) in [6.07, 6.45) is 3.68. The molecule has 1 aromatic rings. The van der Waals surface area contributed by atoms with Gasteiger partial charge >= 0.3 is 6.03 Å². The number of amides is 2. The fourth-order valence-electron chi connectivity index (χ4n) is 3.93. The zero-order chi connectivity index (χ0) is 15.6. The molecule has 0 aromatic carbocycles. The van der Waals surface area contributed by atoms with Crippen molar-refractivity contribution in [3.63, 3.8) is 0 Å². The van der Waals surface area contributed by atoms with E-state index in [1.54, 1.807) is 11.3 Å². The van der Waals surface area contributed by atoms with E-state index in [0.29, 0.717) is 12.6 Å². The minimum absolute atomic E-state index is 0.131. The largest absolute Gasteiger partial charge is 0.379 e. The Morgan fingerprint density at radius 2 is 2.26 bits per heavy atom. The zero-order valence-corrected chi connectivity index (χ0v) is 14.3. The molecule has 3 atom stereocenters. The highest BCUT2D eigenvalue weighted by Crippen LogP contribution is 2.42. The van der Waals surface area contributed by atoms with Crippen LogP contribution in [0.4, 0.5) is 4.79 Å². The lowest BCUT2D eigenvalue weighted by molar-refractivity contribution is 0.0171. The van der Waals surface area contributed by atoms with Gasteiger partial charge in [-0.3, -0.25) is 4.90 Å². The number of rotatable bonds is 4. The van der Waals surface area contributed by atoms with Gasteiger partial charge in [0.25, 0.3) is 0 Å². The van der Waals surface area contributed by atoms with Gasteiger partial charge in [0.1, 0.15) is 0 Å². The van der Waals surface area contributed by atoms with E-state index >= 15 is 0 Å². The predicted molar refractivity (Wildman–Crippen MR) is 90.7 cm³/mol. The number of morpholine rings is 1. The fraction of sp³-hybridized carbons (Fsp3) is 0.706. The summed E-state index contributed by atoms with van der Waals surface area (Å²) in [7, 11) is 0. The molecular formula is C17H25N3O2S. The quantitative estimate of drug-likeness (QED) is 0.918. The molecule has 5 nitrogen and oxygen atoms in total. The molecule has 1 saturated carbocycles. The molecule has 6 heteroatoms. The molecule has 23 heavy (non-hydrogen) atoms. The standard InChI is InChI=1S/C17H25N3O2S/c21-17(20-5-1-3-13-11-14(13)20)18-12-15(16-4-2-10-23-16)19-6-8-22-9-7-19/h2,4,10,13-15H,1,3,5-9,11-12H2,(H,18,21). The number of thiophene rings is 1. The third-order valence-corrected chi connectivity index (χ3v) is 6.30. The number of likely N-dealkylation sites (tertiary alicyclic amines) is 1. The van der Waals surface area contributed by atoms with Crippen molar-refractivity contribution in [3.05, 3.63) is 22.4 Å². The van der Waals surface area contributed by atoms with Crippen LogP contribution in [-0.4, -0.2) is 61.3 Å². The number of urea groups is 1. The number of carbonyl (C=O) groups is 1. The Bertz CT molecular complexity index is 530. The van der Waals surface area contributed by atoms with E-state index in [-0.39, 0.29) is 12.1 Å². The van der Waals surface area contributed by atoms with Crippen molar-refractivity contribution in [1.29, 1.82) is 0 Å². The normalized spacial score (nSPS) is 29.0. The average Bonchev–Trinajstić information content (AvgIpc) is 3.20. The minimum atomic E-state index is 0.131. The van der Waals surface area contributed by atoms with Crippen LogP contribution in [0.25, 0.3) is 0 Å². The summed E-state index contributed by atoms with van der Waals surface area (Å²) in [5, 5.41) is 5.32. The Labute approximate surface area is 141 Å². The number of fused-ring (bicyclic) bond motifs is 1. The third-order valence-electron chi connectivity index (χ3n) is 5.33. The molecule has 1 aromatic heterocycles. The zero-order valence-electron chi connectivity index (χ0n) is 13.4. The van der Waals surface area contributed by atoms with Crippen molar-refractivity contribution in [2.24, 2.45) is 5.92 Å². The van der Waals surface area contributed by atoms with E-state index in [9.17, 15) is 4.79 Å². The SMILES string of the molecule is O=C(NCC(c1cccs1)N1CCOCC1)N1CCCC2CC21. The first-order valence-electron chi connectivity index (χ1n) is 8.72.